The largest absolute Gasteiger partial charge is 0.467 e. The Bertz CT molecular complexity index is 472. The number of rotatable bonds is 3. The lowest BCUT2D eigenvalue weighted by molar-refractivity contribution is -0.145. The van der Waals surface area contributed by atoms with Crippen LogP contribution in [0.15, 0.2) is 10.4 Å². The van der Waals surface area contributed by atoms with Gasteiger partial charge in [0, 0.05) is 17.7 Å². The van der Waals surface area contributed by atoms with E-state index in [1.54, 1.807) is 6.92 Å². The highest BCUT2D eigenvalue weighted by Gasteiger charge is 2.40. The highest BCUT2D eigenvalue weighted by atomic mass is 32.2. The van der Waals surface area contributed by atoms with Gasteiger partial charge in [0.15, 0.2) is 5.54 Å². The van der Waals surface area contributed by atoms with Crippen molar-refractivity contribution in [3.8, 4) is 0 Å². The first-order valence-electron chi connectivity index (χ1n) is 5.05. The zero-order chi connectivity index (χ0) is 12.5. The van der Waals surface area contributed by atoms with Gasteiger partial charge >= 0.3 is 5.97 Å². The predicted octanol–water partition coefficient (Wildman–Crippen LogP) is 1.03. The van der Waals surface area contributed by atoms with Gasteiger partial charge in [-0.1, -0.05) is 0 Å². The number of carbonyl (C=O) groups excluding carboxylic acids is 1. The van der Waals surface area contributed by atoms with Crippen molar-refractivity contribution >= 4 is 34.1 Å². The fourth-order valence-corrected chi connectivity index (χ4v) is 3.31. The van der Waals surface area contributed by atoms with Gasteiger partial charge in [0.1, 0.15) is 15.7 Å². The van der Waals surface area contributed by atoms with E-state index in [2.05, 4.69) is 9.98 Å². The van der Waals surface area contributed by atoms with E-state index in [1.807, 2.05) is 5.38 Å². The zero-order valence-electron chi connectivity index (χ0n) is 9.60. The smallest absolute Gasteiger partial charge is 0.334 e. The number of hydrogen-bond donors (Lipinski definition) is 1. The van der Waals surface area contributed by atoms with Crippen molar-refractivity contribution in [1.82, 2.24) is 4.98 Å². The van der Waals surface area contributed by atoms with Crippen molar-refractivity contribution < 1.29 is 9.53 Å². The number of thiazole rings is 1. The molecule has 5 nitrogen and oxygen atoms in total. The van der Waals surface area contributed by atoms with Crippen LogP contribution in [0.1, 0.15) is 17.6 Å². The summed E-state index contributed by atoms with van der Waals surface area (Å²) in [6.45, 7) is 2.20. The maximum atomic E-state index is 11.6. The van der Waals surface area contributed by atoms with E-state index in [9.17, 15) is 4.79 Å². The van der Waals surface area contributed by atoms with E-state index in [4.69, 9.17) is 10.5 Å². The molecule has 2 rings (SSSR count). The first kappa shape index (κ1) is 12.5. The normalized spacial score (nSPS) is 23.6. The van der Waals surface area contributed by atoms with Crippen LogP contribution in [0.3, 0.4) is 0 Å². The molecule has 1 aromatic rings. The number of aromatic nitrogens is 1. The highest BCUT2D eigenvalue weighted by Crippen LogP contribution is 2.32. The van der Waals surface area contributed by atoms with Gasteiger partial charge in [0.05, 0.1) is 7.11 Å². The molecule has 0 aliphatic carbocycles. The zero-order valence-corrected chi connectivity index (χ0v) is 11.2. The summed E-state index contributed by atoms with van der Waals surface area (Å²) in [5.74, 6) is 0.277. The van der Waals surface area contributed by atoms with Crippen LogP contribution >= 0.6 is 23.1 Å². The van der Waals surface area contributed by atoms with Gasteiger partial charge < -0.3 is 10.5 Å². The molecule has 2 N–H and O–H groups in total. The maximum absolute atomic E-state index is 11.6. The number of carbonyl (C=O) groups is 1. The Morgan fingerprint density at radius 2 is 2.47 bits per heavy atom. The SMILES string of the molecule is COC(=O)C1(C)CSC(c2csc(CN)n2)=N1. The minimum absolute atomic E-state index is 0.311. The lowest BCUT2D eigenvalue weighted by Gasteiger charge is -2.15. The van der Waals surface area contributed by atoms with E-state index in [0.29, 0.717) is 12.3 Å². The Kier molecular flexibility index (Phi) is 3.50. The second-order valence-electron chi connectivity index (χ2n) is 3.80. The summed E-state index contributed by atoms with van der Waals surface area (Å²) < 4.78 is 4.75. The summed E-state index contributed by atoms with van der Waals surface area (Å²) in [5.41, 5.74) is 5.52. The monoisotopic (exact) mass is 271 g/mol. The summed E-state index contributed by atoms with van der Waals surface area (Å²) in [7, 11) is 1.38. The molecule has 0 radical (unpaired) electrons. The van der Waals surface area contributed by atoms with Crippen LogP contribution in [0.2, 0.25) is 0 Å². The molecule has 0 amide bonds. The minimum Gasteiger partial charge on any atom is -0.467 e. The third kappa shape index (κ3) is 2.36. The number of esters is 1. The van der Waals surface area contributed by atoms with Crippen molar-refractivity contribution in [3.05, 3.63) is 16.1 Å². The van der Waals surface area contributed by atoms with Crippen LogP contribution in [-0.2, 0) is 16.1 Å². The number of ether oxygens (including phenoxy) is 1. The van der Waals surface area contributed by atoms with Crippen LogP contribution in [0.5, 0.6) is 0 Å². The summed E-state index contributed by atoms with van der Waals surface area (Å²) >= 11 is 3.03. The van der Waals surface area contributed by atoms with E-state index < -0.39 is 5.54 Å². The Labute approximate surface area is 107 Å². The van der Waals surface area contributed by atoms with Gasteiger partial charge in [0.2, 0.25) is 0 Å². The predicted molar refractivity (Wildman–Crippen MR) is 69.4 cm³/mol. The molecule has 0 aromatic carbocycles. The summed E-state index contributed by atoms with van der Waals surface area (Å²) in [6.07, 6.45) is 0. The molecule has 0 spiro atoms. The number of nitrogens with two attached hydrogens (primary N) is 1. The first-order valence-corrected chi connectivity index (χ1v) is 6.91. The van der Waals surface area contributed by atoms with Gasteiger partial charge in [-0.05, 0) is 6.92 Å². The van der Waals surface area contributed by atoms with E-state index in [1.165, 1.54) is 30.2 Å². The third-order valence-corrected chi connectivity index (χ3v) is 4.56. The van der Waals surface area contributed by atoms with Crippen molar-refractivity contribution in [3.63, 3.8) is 0 Å². The van der Waals surface area contributed by atoms with Crippen LogP contribution in [0.25, 0.3) is 0 Å². The topological polar surface area (TPSA) is 77.6 Å². The Balaban J connectivity index is 2.24. The fraction of sp³-hybridized carbons (Fsp3) is 0.500. The number of hydrogen-bond acceptors (Lipinski definition) is 7. The maximum Gasteiger partial charge on any atom is 0.334 e. The Hall–Kier alpha value is -0.920. The number of nitrogens with zero attached hydrogens (tertiary/aromatic N) is 2. The second kappa shape index (κ2) is 4.75. The lowest BCUT2D eigenvalue weighted by Crippen LogP contribution is -2.34. The molecule has 1 aromatic heterocycles. The summed E-state index contributed by atoms with van der Waals surface area (Å²) in [4.78, 5) is 20.4. The molecule has 1 atom stereocenters. The first-order chi connectivity index (χ1) is 8.09. The molecule has 0 bridgehead atoms. The molecule has 1 unspecified atom stereocenters. The minimum atomic E-state index is -0.790. The molecule has 0 saturated carbocycles. The molecule has 7 heteroatoms. The summed E-state index contributed by atoms with van der Waals surface area (Å²) in [6, 6.07) is 0. The van der Waals surface area contributed by atoms with Gasteiger partial charge in [-0.2, -0.15) is 0 Å². The Morgan fingerprint density at radius 1 is 1.71 bits per heavy atom. The number of aliphatic imine (C=N–C) groups is 1. The van der Waals surface area contributed by atoms with Crippen LogP contribution < -0.4 is 5.73 Å². The van der Waals surface area contributed by atoms with Gasteiger partial charge in [-0.3, -0.25) is 4.99 Å². The molecule has 92 valence electrons. The van der Waals surface area contributed by atoms with E-state index >= 15 is 0 Å². The highest BCUT2D eigenvalue weighted by molar-refractivity contribution is 8.14. The second-order valence-corrected chi connectivity index (χ2v) is 5.71. The fourth-order valence-electron chi connectivity index (χ4n) is 1.46. The van der Waals surface area contributed by atoms with Gasteiger partial charge in [-0.15, -0.1) is 23.1 Å². The summed E-state index contributed by atoms with van der Waals surface area (Å²) in [5, 5.41) is 3.57. The van der Waals surface area contributed by atoms with E-state index in [-0.39, 0.29) is 5.97 Å². The molecule has 0 saturated heterocycles. The van der Waals surface area contributed by atoms with Gasteiger partial charge in [-0.25, -0.2) is 9.78 Å². The van der Waals surface area contributed by atoms with Crippen LogP contribution in [-0.4, -0.2) is 34.4 Å². The quantitative estimate of drug-likeness (QED) is 0.831. The number of thioether (sulfide) groups is 1. The molecule has 1 aliphatic heterocycles. The van der Waals surface area contributed by atoms with Crippen LogP contribution in [0, 0.1) is 0 Å². The average Bonchev–Trinajstić information content (AvgIpc) is 2.94. The van der Waals surface area contributed by atoms with Crippen molar-refractivity contribution in [2.75, 3.05) is 12.9 Å². The standard InChI is InChI=1S/C10H13N3O2S2/c1-10(9(14)15-2)5-17-8(13-10)6-4-16-7(3-11)12-6/h4H,3,5,11H2,1-2H3. The van der Waals surface area contributed by atoms with Crippen LogP contribution in [0.4, 0.5) is 0 Å². The van der Waals surface area contributed by atoms with Crippen molar-refractivity contribution in [1.29, 1.82) is 0 Å². The lowest BCUT2D eigenvalue weighted by atomic mass is 10.1. The molecular formula is C10H13N3O2S2. The third-order valence-electron chi connectivity index (χ3n) is 2.41. The number of methoxy groups -OCH3 is 1. The molecule has 2 heterocycles. The van der Waals surface area contributed by atoms with Gasteiger partial charge in [0.25, 0.3) is 0 Å². The Morgan fingerprint density at radius 3 is 3.06 bits per heavy atom. The van der Waals surface area contributed by atoms with E-state index in [0.717, 1.165) is 15.7 Å². The molecule has 0 fully saturated rings. The molecule has 1 aliphatic rings. The average molecular weight is 271 g/mol. The van der Waals surface area contributed by atoms with Crippen molar-refractivity contribution in [2.24, 2.45) is 10.7 Å². The molecule has 17 heavy (non-hydrogen) atoms. The molecular weight excluding hydrogens is 258 g/mol. The van der Waals surface area contributed by atoms with Crippen molar-refractivity contribution in [2.45, 2.75) is 19.0 Å².